The Morgan fingerprint density at radius 1 is 1.00 bits per heavy atom. The lowest BCUT2D eigenvalue weighted by Crippen LogP contribution is -2.33. The summed E-state index contributed by atoms with van der Waals surface area (Å²) in [6.45, 7) is 9.16. The third-order valence-electron chi connectivity index (χ3n) is 5.07. The van der Waals surface area contributed by atoms with Gasteiger partial charge in [0.15, 0.2) is 0 Å². The molecular formula is C21H22N2O2. The van der Waals surface area contributed by atoms with Crippen LogP contribution in [0.1, 0.15) is 73.4 Å². The molecular weight excluding hydrogens is 312 g/mol. The van der Waals surface area contributed by atoms with E-state index in [1.54, 1.807) is 0 Å². The van der Waals surface area contributed by atoms with Gasteiger partial charge in [0, 0.05) is 18.0 Å². The minimum atomic E-state index is -1.04. The zero-order valence-corrected chi connectivity index (χ0v) is 15.1. The summed E-state index contributed by atoms with van der Waals surface area (Å²) in [6.07, 6.45) is 4.89. The summed E-state index contributed by atoms with van der Waals surface area (Å²) in [4.78, 5) is 18.8. The molecule has 1 aromatic carbocycles. The molecule has 1 aliphatic rings. The Morgan fingerprint density at radius 2 is 1.60 bits per heavy atom. The molecule has 0 unspecified atom stereocenters. The maximum Gasteiger partial charge on any atom is 0.338 e. The Kier molecular flexibility index (Phi) is 4.12. The van der Waals surface area contributed by atoms with Crippen molar-refractivity contribution in [1.82, 2.24) is 9.97 Å². The molecule has 1 aliphatic carbocycles. The zero-order chi connectivity index (χ0) is 18.2. The molecule has 2 aromatic rings. The minimum absolute atomic E-state index is 0.0586. The summed E-state index contributed by atoms with van der Waals surface area (Å²) in [7, 11) is 0. The lowest BCUT2D eigenvalue weighted by atomic mass is 9.63. The second-order valence-corrected chi connectivity index (χ2v) is 7.88. The van der Waals surface area contributed by atoms with Gasteiger partial charge in [0.05, 0.1) is 5.56 Å². The number of aromatic carboxylic acids is 1. The quantitative estimate of drug-likeness (QED) is 0.803. The lowest BCUT2D eigenvalue weighted by molar-refractivity contribution is 0.0696. The molecule has 0 aliphatic heterocycles. The van der Waals surface area contributed by atoms with Crippen LogP contribution in [0.4, 0.5) is 0 Å². The van der Waals surface area contributed by atoms with Gasteiger partial charge in [0.25, 0.3) is 0 Å². The van der Waals surface area contributed by atoms with Gasteiger partial charge in [-0.05, 0) is 52.9 Å². The van der Waals surface area contributed by atoms with Crippen LogP contribution in [0.15, 0.2) is 30.6 Å². The van der Waals surface area contributed by atoms with Gasteiger partial charge in [-0.1, -0.05) is 39.7 Å². The molecule has 4 heteroatoms. The number of carbonyl (C=O) groups is 1. The van der Waals surface area contributed by atoms with Crippen LogP contribution in [0.5, 0.6) is 0 Å². The van der Waals surface area contributed by atoms with Crippen molar-refractivity contribution < 1.29 is 9.90 Å². The van der Waals surface area contributed by atoms with Crippen molar-refractivity contribution in [3.05, 3.63) is 58.7 Å². The van der Waals surface area contributed by atoms with E-state index < -0.39 is 5.97 Å². The smallest absolute Gasteiger partial charge is 0.338 e. The number of rotatable bonds is 1. The highest BCUT2D eigenvalue weighted by atomic mass is 16.4. The number of carboxylic acid groups (broad SMARTS) is 1. The molecule has 0 amide bonds. The Labute approximate surface area is 148 Å². The summed E-state index contributed by atoms with van der Waals surface area (Å²) in [5.41, 5.74) is 4.07. The molecule has 0 bridgehead atoms. The second kappa shape index (κ2) is 6.00. The van der Waals surface area contributed by atoms with Gasteiger partial charge in [-0.2, -0.15) is 0 Å². The summed E-state index contributed by atoms with van der Waals surface area (Å²) >= 11 is 0. The molecule has 25 heavy (non-hydrogen) atoms. The number of hydrogen-bond donors (Lipinski definition) is 1. The SMILES string of the molecule is CC1(C)CCC(C)(C)c2cc(C#Cc3ncc(C(=O)O)cn3)ccc21. The predicted molar refractivity (Wildman–Crippen MR) is 96.7 cm³/mol. The largest absolute Gasteiger partial charge is 0.478 e. The van der Waals surface area contributed by atoms with E-state index in [0.29, 0.717) is 5.82 Å². The molecule has 0 spiro atoms. The fourth-order valence-electron chi connectivity index (χ4n) is 3.30. The van der Waals surface area contributed by atoms with E-state index in [1.165, 1.54) is 29.9 Å². The topological polar surface area (TPSA) is 63.1 Å². The Hall–Kier alpha value is -2.67. The van der Waals surface area contributed by atoms with Crippen LogP contribution in [-0.4, -0.2) is 21.0 Å². The molecule has 3 rings (SSSR count). The Balaban J connectivity index is 1.94. The number of carboxylic acids is 1. The highest BCUT2D eigenvalue weighted by Crippen LogP contribution is 2.45. The molecule has 0 atom stereocenters. The van der Waals surface area contributed by atoms with E-state index in [4.69, 9.17) is 5.11 Å². The standard InChI is InChI=1S/C21H22N2O2/c1-20(2)9-10-21(3,4)17-11-14(5-7-16(17)20)6-8-18-22-12-15(13-23-18)19(24)25/h5,7,11-13H,9-10H2,1-4H3,(H,24,25). The van der Waals surface area contributed by atoms with E-state index in [-0.39, 0.29) is 16.4 Å². The van der Waals surface area contributed by atoms with Gasteiger partial charge in [-0.15, -0.1) is 0 Å². The fourth-order valence-corrected chi connectivity index (χ4v) is 3.30. The first-order valence-corrected chi connectivity index (χ1v) is 8.41. The van der Waals surface area contributed by atoms with Crippen molar-refractivity contribution in [3.8, 4) is 11.8 Å². The molecule has 1 heterocycles. The van der Waals surface area contributed by atoms with Crippen LogP contribution < -0.4 is 0 Å². The van der Waals surface area contributed by atoms with Gasteiger partial charge >= 0.3 is 5.97 Å². The van der Waals surface area contributed by atoms with Crippen molar-refractivity contribution in [2.24, 2.45) is 0 Å². The predicted octanol–water partition coefficient (Wildman–Crippen LogP) is 3.92. The summed E-state index contributed by atoms with van der Waals surface area (Å²) < 4.78 is 0. The monoisotopic (exact) mass is 334 g/mol. The van der Waals surface area contributed by atoms with E-state index in [1.807, 2.05) is 6.07 Å². The normalized spacial score (nSPS) is 17.1. The van der Waals surface area contributed by atoms with Gasteiger partial charge < -0.3 is 5.11 Å². The first-order chi connectivity index (χ1) is 11.7. The van der Waals surface area contributed by atoms with Crippen molar-refractivity contribution in [2.75, 3.05) is 0 Å². The van der Waals surface area contributed by atoms with Crippen LogP contribution >= 0.6 is 0 Å². The van der Waals surface area contributed by atoms with Crippen molar-refractivity contribution >= 4 is 5.97 Å². The molecule has 4 nitrogen and oxygen atoms in total. The first-order valence-electron chi connectivity index (χ1n) is 8.41. The average molecular weight is 334 g/mol. The third kappa shape index (κ3) is 3.41. The Morgan fingerprint density at radius 3 is 2.20 bits per heavy atom. The number of fused-ring (bicyclic) bond motifs is 1. The molecule has 1 N–H and O–H groups in total. The highest BCUT2D eigenvalue weighted by Gasteiger charge is 2.36. The number of aromatic nitrogens is 2. The summed E-state index contributed by atoms with van der Waals surface area (Å²) in [6, 6.07) is 6.41. The molecule has 0 saturated heterocycles. The van der Waals surface area contributed by atoms with Gasteiger partial charge in [-0.3, -0.25) is 0 Å². The molecule has 0 fully saturated rings. The van der Waals surface area contributed by atoms with Crippen LogP contribution in [0.3, 0.4) is 0 Å². The highest BCUT2D eigenvalue weighted by molar-refractivity contribution is 5.86. The van der Waals surface area contributed by atoms with E-state index in [0.717, 1.165) is 12.0 Å². The molecule has 128 valence electrons. The second-order valence-electron chi connectivity index (χ2n) is 7.88. The van der Waals surface area contributed by atoms with Gasteiger partial charge in [0.2, 0.25) is 5.82 Å². The van der Waals surface area contributed by atoms with Crippen LogP contribution in [0, 0.1) is 11.8 Å². The minimum Gasteiger partial charge on any atom is -0.478 e. The number of hydrogen-bond acceptors (Lipinski definition) is 3. The maximum absolute atomic E-state index is 10.8. The van der Waals surface area contributed by atoms with E-state index in [2.05, 4.69) is 61.6 Å². The van der Waals surface area contributed by atoms with Crippen molar-refractivity contribution in [3.63, 3.8) is 0 Å². The van der Waals surface area contributed by atoms with Crippen LogP contribution in [0.25, 0.3) is 0 Å². The molecule has 0 radical (unpaired) electrons. The average Bonchev–Trinajstić information content (AvgIpc) is 2.57. The molecule has 1 aromatic heterocycles. The summed E-state index contributed by atoms with van der Waals surface area (Å²) in [5, 5.41) is 8.87. The van der Waals surface area contributed by atoms with E-state index in [9.17, 15) is 4.79 Å². The molecule has 0 saturated carbocycles. The first kappa shape index (κ1) is 17.2. The number of benzene rings is 1. The number of nitrogens with zero attached hydrogens (tertiary/aromatic N) is 2. The van der Waals surface area contributed by atoms with Crippen molar-refractivity contribution in [2.45, 2.75) is 51.4 Å². The summed E-state index contributed by atoms with van der Waals surface area (Å²) in [5.74, 6) is 5.30. The lowest BCUT2D eigenvalue weighted by Gasteiger charge is -2.41. The zero-order valence-electron chi connectivity index (χ0n) is 15.1. The fraction of sp³-hybridized carbons (Fsp3) is 0.381. The third-order valence-corrected chi connectivity index (χ3v) is 5.07. The maximum atomic E-state index is 10.8. The van der Waals surface area contributed by atoms with E-state index >= 15 is 0 Å². The Bertz CT molecular complexity index is 884. The van der Waals surface area contributed by atoms with Crippen LogP contribution in [-0.2, 0) is 10.8 Å². The van der Waals surface area contributed by atoms with Crippen LogP contribution in [0.2, 0.25) is 0 Å². The van der Waals surface area contributed by atoms with Gasteiger partial charge in [-0.25, -0.2) is 14.8 Å². The van der Waals surface area contributed by atoms with Crippen molar-refractivity contribution in [1.29, 1.82) is 0 Å². The van der Waals surface area contributed by atoms with Gasteiger partial charge in [0.1, 0.15) is 0 Å².